The van der Waals surface area contributed by atoms with Crippen molar-refractivity contribution >= 4 is 33.0 Å². The molecule has 1 amide bonds. The number of piperazine rings is 1. The lowest BCUT2D eigenvalue weighted by molar-refractivity contribution is 0.0689. The van der Waals surface area contributed by atoms with Gasteiger partial charge in [-0.2, -0.15) is 0 Å². The van der Waals surface area contributed by atoms with E-state index in [9.17, 15) is 13.2 Å². The van der Waals surface area contributed by atoms with E-state index in [0.29, 0.717) is 35.1 Å². The van der Waals surface area contributed by atoms with Gasteiger partial charge in [0.1, 0.15) is 4.21 Å². The third-order valence-electron chi connectivity index (χ3n) is 7.92. The zero-order valence-electron chi connectivity index (χ0n) is 24.1. The molecule has 42 heavy (non-hydrogen) atoms. The highest BCUT2D eigenvalue weighted by Gasteiger charge is 2.37. The number of nitrogens with zero attached hydrogens (tertiary/aromatic N) is 3. The normalized spacial score (nSPS) is 16.4. The number of fused-ring (bicyclic) bond motifs is 1. The molecule has 0 radical (unpaired) electrons. The van der Waals surface area contributed by atoms with E-state index in [0.717, 1.165) is 55.1 Å². The molecule has 0 unspecified atom stereocenters. The van der Waals surface area contributed by atoms with E-state index in [1.54, 1.807) is 31.7 Å². The van der Waals surface area contributed by atoms with Crippen LogP contribution in [0.25, 0.3) is 0 Å². The van der Waals surface area contributed by atoms with Gasteiger partial charge in [-0.1, -0.05) is 30.3 Å². The molecule has 0 aliphatic carbocycles. The second-order valence-corrected chi connectivity index (χ2v) is 13.4. The quantitative estimate of drug-likeness (QED) is 0.225. The molecule has 11 heteroatoms. The van der Waals surface area contributed by atoms with Crippen molar-refractivity contribution in [1.82, 2.24) is 14.5 Å². The van der Waals surface area contributed by atoms with Crippen LogP contribution in [0.15, 0.2) is 70.8 Å². The molecule has 0 saturated carbocycles. The predicted octanol–water partition coefficient (Wildman–Crippen LogP) is 4.53. The molecule has 2 aromatic carbocycles. The Bertz CT molecular complexity index is 1500. The van der Waals surface area contributed by atoms with Crippen LogP contribution < -0.4 is 19.1 Å². The van der Waals surface area contributed by atoms with Crippen molar-refractivity contribution in [3.8, 4) is 11.5 Å². The summed E-state index contributed by atoms with van der Waals surface area (Å²) in [4.78, 5) is 20.8. The van der Waals surface area contributed by atoms with Crippen LogP contribution in [0.4, 0.5) is 5.69 Å². The van der Waals surface area contributed by atoms with Gasteiger partial charge in [0.15, 0.2) is 11.5 Å². The molecular weight excluding hydrogens is 572 g/mol. The molecule has 1 N–H and O–H groups in total. The lowest BCUT2D eigenvalue weighted by Gasteiger charge is -2.36. The summed E-state index contributed by atoms with van der Waals surface area (Å²) in [6.45, 7) is 9.00. The summed E-state index contributed by atoms with van der Waals surface area (Å²) in [6, 6.07) is 14.9. The molecule has 1 atom stereocenters. The van der Waals surface area contributed by atoms with Gasteiger partial charge in [-0.25, -0.2) is 13.1 Å². The maximum atomic E-state index is 14.2. The molecule has 0 spiro atoms. The molecule has 1 aromatic heterocycles. The fraction of sp³-hybridized carbons (Fsp3) is 0.387. The number of sulfonamides is 1. The minimum atomic E-state index is -3.56. The summed E-state index contributed by atoms with van der Waals surface area (Å²) >= 11 is 1.19. The first kappa shape index (κ1) is 30.1. The third-order valence-corrected chi connectivity index (χ3v) is 10.8. The van der Waals surface area contributed by atoms with E-state index >= 15 is 0 Å². The van der Waals surface area contributed by atoms with Gasteiger partial charge in [-0.3, -0.25) is 9.69 Å². The highest BCUT2D eigenvalue weighted by molar-refractivity contribution is 7.91. The minimum absolute atomic E-state index is 0.00641. The number of hydrogen-bond acceptors (Lipinski definition) is 8. The zero-order valence-corrected chi connectivity index (χ0v) is 25.8. The molecule has 3 heterocycles. The number of benzene rings is 2. The van der Waals surface area contributed by atoms with Gasteiger partial charge in [0.25, 0.3) is 5.91 Å². The Hall–Kier alpha value is -3.38. The van der Waals surface area contributed by atoms with E-state index in [2.05, 4.69) is 21.1 Å². The molecule has 9 nitrogen and oxygen atoms in total. The van der Waals surface area contributed by atoms with Gasteiger partial charge < -0.3 is 19.3 Å². The summed E-state index contributed by atoms with van der Waals surface area (Å²) < 4.78 is 39.3. The Morgan fingerprint density at radius 1 is 1.05 bits per heavy atom. The van der Waals surface area contributed by atoms with E-state index < -0.39 is 10.0 Å². The number of rotatable bonds is 13. The summed E-state index contributed by atoms with van der Waals surface area (Å²) in [5, 5.41) is 1.74. The second-order valence-electron chi connectivity index (χ2n) is 10.4. The fourth-order valence-electron chi connectivity index (χ4n) is 5.79. The molecular formula is C31H38N4O5S2. The number of carbonyl (C=O) groups excluding carboxylic acids is 1. The highest BCUT2D eigenvalue weighted by Crippen LogP contribution is 2.40. The standard InChI is InChI=1S/C31H38N4O5S2/c1-4-15-33-16-18-34(19-17-33)26-9-5-8-24-22-35(31(36)30(24)26)25(23-12-13-27(39-2)28(21-23)40-3)10-6-14-32-42(37,38)29-11-7-20-41-29/h4-5,7-9,11-13,20-21,25,32H,1,6,10,14-19,22H2,2-3H3/t25-/m1/s1. The molecule has 224 valence electrons. The van der Waals surface area contributed by atoms with Crippen LogP contribution in [0.1, 0.15) is 40.4 Å². The SMILES string of the molecule is C=CCN1CCN(c2cccc3c2C(=O)N([C@H](CCCNS(=O)(=O)c2cccs2)c2ccc(OC)c(OC)c2)C3)CC1. The van der Waals surface area contributed by atoms with Gasteiger partial charge in [-0.15, -0.1) is 17.9 Å². The van der Waals surface area contributed by atoms with Gasteiger partial charge >= 0.3 is 0 Å². The monoisotopic (exact) mass is 610 g/mol. The lowest BCUT2D eigenvalue weighted by Crippen LogP contribution is -2.46. The highest BCUT2D eigenvalue weighted by atomic mass is 32.2. The average Bonchev–Trinajstić information content (AvgIpc) is 3.67. The Kier molecular flexibility index (Phi) is 9.52. The number of thiophene rings is 1. The topological polar surface area (TPSA) is 91.4 Å². The number of anilines is 1. The Morgan fingerprint density at radius 3 is 2.52 bits per heavy atom. The second kappa shape index (κ2) is 13.3. The van der Waals surface area contributed by atoms with Crippen LogP contribution in [0.5, 0.6) is 11.5 Å². The summed E-state index contributed by atoms with van der Waals surface area (Å²) in [6.07, 6.45) is 3.04. The van der Waals surface area contributed by atoms with Crippen LogP contribution in [0.3, 0.4) is 0 Å². The number of carbonyl (C=O) groups is 1. The summed E-state index contributed by atoms with van der Waals surface area (Å²) in [5.74, 6) is 1.19. The molecule has 5 rings (SSSR count). The number of methoxy groups -OCH3 is 2. The first-order valence-corrected chi connectivity index (χ1v) is 16.5. The molecule has 0 bridgehead atoms. The summed E-state index contributed by atoms with van der Waals surface area (Å²) in [7, 11) is -0.379. The van der Waals surface area contributed by atoms with Gasteiger partial charge in [0.05, 0.1) is 25.8 Å². The van der Waals surface area contributed by atoms with Crippen molar-refractivity contribution in [2.24, 2.45) is 0 Å². The Balaban J connectivity index is 1.38. The van der Waals surface area contributed by atoms with Crippen LogP contribution in [-0.2, 0) is 16.6 Å². The van der Waals surface area contributed by atoms with E-state index in [4.69, 9.17) is 9.47 Å². The largest absolute Gasteiger partial charge is 0.493 e. The van der Waals surface area contributed by atoms with Crippen molar-refractivity contribution in [3.05, 3.63) is 83.3 Å². The van der Waals surface area contributed by atoms with Crippen LogP contribution in [-0.4, -0.2) is 77.6 Å². The third kappa shape index (κ3) is 6.34. The fourth-order valence-corrected chi connectivity index (χ4v) is 7.90. The lowest BCUT2D eigenvalue weighted by atomic mass is 9.99. The predicted molar refractivity (Wildman–Crippen MR) is 166 cm³/mol. The minimum Gasteiger partial charge on any atom is -0.493 e. The number of nitrogens with one attached hydrogen (secondary N) is 1. The molecule has 2 aliphatic rings. The van der Waals surface area contributed by atoms with E-state index in [1.807, 2.05) is 47.4 Å². The smallest absolute Gasteiger partial charge is 0.257 e. The van der Waals surface area contributed by atoms with Gasteiger partial charge in [0.2, 0.25) is 10.0 Å². The Labute approximate surface area is 252 Å². The maximum absolute atomic E-state index is 14.2. The molecule has 1 saturated heterocycles. The van der Waals surface area contributed by atoms with E-state index in [-0.39, 0.29) is 18.5 Å². The number of hydrogen-bond donors (Lipinski definition) is 1. The molecule has 3 aromatic rings. The van der Waals surface area contributed by atoms with E-state index in [1.165, 1.54) is 11.3 Å². The van der Waals surface area contributed by atoms with Crippen molar-refractivity contribution in [2.45, 2.75) is 29.6 Å². The van der Waals surface area contributed by atoms with Gasteiger partial charge in [-0.05, 0) is 53.6 Å². The van der Waals surface area contributed by atoms with Crippen molar-refractivity contribution in [3.63, 3.8) is 0 Å². The first-order chi connectivity index (χ1) is 20.4. The zero-order chi connectivity index (χ0) is 29.7. The maximum Gasteiger partial charge on any atom is 0.257 e. The Morgan fingerprint density at radius 2 is 1.83 bits per heavy atom. The molecule has 2 aliphatic heterocycles. The number of amides is 1. The van der Waals surface area contributed by atoms with Crippen LogP contribution in [0.2, 0.25) is 0 Å². The number of ether oxygens (including phenoxy) is 2. The average molecular weight is 611 g/mol. The van der Waals surface area contributed by atoms with Crippen molar-refractivity contribution < 1.29 is 22.7 Å². The summed E-state index contributed by atoms with van der Waals surface area (Å²) in [5.41, 5.74) is 3.66. The first-order valence-electron chi connectivity index (χ1n) is 14.1. The molecule has 1 fully saturated rings. The van der Waals surface area contributed by atoms with Crippen LogP contribution >= 0.6 is 11.3 Å². The van der Waals surface area contributed by atoms with Crippen molar-refractivity contribution in [1.29, 1.82) is 0 Å². The van der Waals surface area contributed by atoms with Gasteiger partial charge in [0, 0.05) is 51.5 Å². The van der Waals surface area contributed by atoms with Crippen LogP contribution in [0, 0.1) is 0 Å². The van der Waals surface area contributed by atoms with Crippen molar-refractivity contribution in [2.75, 3.05) is 58.4 Å².